The van der Waals surface area contributed by atoms with Crippen molar-refractivity contribution >= 4 is 0 Å². The van der Waals surface area contributed by atoms with Gasteiger partial charge in [0.15, 0.2) is 5.89 Å². The molecule has 2 N–H and O–H groups in total. The van der Waals surface area contributed by atoms with Gasteiger partial charge in [0, 0.05) is 12.3 Å². The normalized spacial score (nSPS) is 17.5. The molecule has 0 saturated heterocycles. The van der Waals surface area contributed by atoms with Gasteiger partial charge in [0.2, 0.25) is 0 Å². The monoisotopic (exact) mass is 208 g/mol. The molecular weight excluding hydrogens is 188 g/mol. The molecule has 0 aliphatic heterocycles. The number of hydrogen-bond acceptors (Lipinski definition) is 3. The summed E-state index contributed by atoms with van der Waals surface area (Å²) in [5.41, 5.74) is 6.55. The van der Waals surface area contributed by atoms with E-state index in [1.165, 1.54) is 25.7 Å². The van der Waals surface area contributed by atoms with Gasteiger partial charge in [-0.25, -0.2) is 4.98 Å². The first kappa shape index (κ1) is 10.7. The van der Waals surface area contributed by atoms with Gasteiger partial charge in [-0.1, -0.05) is 12.8 Å². The Bertz CT molecular complexity index is 313. The quantitative estimate of drug-likeness (QED) is 0.827. The number of oxazole rings is 1. The zero-order valence-corrected chi connectivity index (χ0v) is 9.46. The topological polar surface area (TPSA) is 52.0 Å². The Morgan fingerprint density at radius 3 is 2.80 bits per heavy atom. The molecule has 0 bridgehead atoms. The summed E-state index contributed by atoms with van der Waals surface area (Å²) in [7, 11) is 0. The van der Waals surface area contributed by atoms with Crippen molar-refractivity contribution in [3.05, 3.63) is 17.3 Å². The summed E-state index contributed by atoms with van der Waals surface area (Å²) in [6, 6.07) is 0. The Kier molecular flexibility index (Phi) is 3.41. The van der Waals surface area contributed by atoms with E-state index in [1.54, 1.807) is 0 Å². The second kappa shape index (κ2) is 4.79. The lowest BCUT2D eigenvalue weighted by Gasteiger charge is -2.01. The van der Waals surface area contributed by atoms with E-state index in [-0.39, 0.29) is 0 Å². The van der Waals surface area contributed by atoms with E-state index in [0.29, 0.717) is 5.92 Å². The van der Waals surface area contributed by atoms with Gasteiger partial charge < -0.3 is 10.2 Å². The number of aromatic nitrogens is 1. The largest absolute Gasteiger partial charge is 0.445 e. The SMILES string of the molecule is Cc1nc(C2CCCC2)oc1CCCN. The maximum absolute atomic E-state index is 5.83. The van der Waals surface area contributed by atoms with Crippen molar-refractivity contribution < 1.29 is 4.42 Å². The van der Waals surface area contributed by atoms with Crippen LogP contribution in [0.5, 0.6) is 0 Å². The summed E-state index contributed by atoms with van der Waals surface area (Å²) in [5.74, 6) is 2.59. The number of rotatable bonds is 4. The molecular formula is C12H20N2O. The average Bonchev–Trinajstić information content (AvgIpc) is 2.83. The highest BCUT2D eigenvalue weighted by atomic mass is 16.4. The smallest absolute Gasteiger partial charge is 0.197 e. The summed E-state index contributed by atoms with van der Waals surface area (Å²) in [5, 5.41) is 0. The van der Waals surface area contributed by atoms with Crippen molar-refractivity contribution in [1.82, 2.24) is 4.98 Å². The lowest BCUT2D eigenvalue weighted by Crippen LogP contribution is -2.00. The third kappa shape index (κ3) is 2.40. The van der Waals surface area contributed by atoms with E-state index in [2.05, 4.69) is 4.98 Å². The molecule has 1 aromatic heterocycles. The Labute approximate surface area is 91.1 Å². The minimum Gasteiger partial charge on any atom is -0.445 e. The van der Waals surface area contributed by atoms with Crippen molar-refractivity contribution in [2.24, 2.45) is 5.73 Å². The Hall–Kier alpha value is -0.830. The van der Waals surface area contributed by atoms with Crippen molar-refractivity contribution in [3.8, 4) is 0 Å². The van der Waals surface area contributed by atoms with E-state index < -0.39 is 0 Å². The van der Waals surface area contributed by atoms with Crippen LogP contribution < -0.4 is 5.73 Å². The van der Waals surface area contributed by atoms with Crippen LogP contribution >= 0.6 is 0 Å². The molecule has 3 nitrogen and oxygen atoms in total. The van der Waals surface area contributed by atoms with Gasteiger partial charge in [-0.05, 0) is 32.7 Å². The van der Waals surface area contributed by atoms with Crippen molar-refractivity contribution in [1.29, 1.82) is 0 Å². The van der Waals surface area contributed by atoms with Crippen LogP contribution in [0.4, 0.5) is 0 Å². The van der Waals surface area contributed by atoms with E-state index in [4.69, 9.17) is 10.2 Å². The molecule has 1 aliphatic rings. The highest BCUT2D eigenvalue weighted by Crippen LogP contribution is 2.34. The van der Waals surface area contributed by atoms with E-state index in [1.807, 2.05) is 6.92 Å². The molecule has 0 atom stereocenters. The molecule has 1 fully saturated rings. The Morgan fingerprint density at radius 1 is 1.40 bits per heavy atom. The molecule has 1 aromatic rings. The van der Waals surface area contributed by atoms with Gasteiger partial charge in [0.25, 0.3) is 0 Å². The number of aryl methyl sites for hydroxylation is 2. The average molecular weight is 208 g/mol. The molecule has 3 heteroatoms. The van der Waals surface area contributed by atoms with Gasteiger partial charge >= 0.3 is 0 Å². The molecule has 0 aromatic carbocycles. The van der Waals surface area contributed by atoms with E-state index in [0.717, 1.165) is 36.7 Å². The second-order valence-electron chi connectivity index (χ2n) is 4.43. The lowest BCUT2D eigenvalue weighted by atomic mass is 10.1. The summed E-state index contributed by atoms with van der Waals surface area (Å²) in [4.78, 5) is 4.54. The standard InChI is InChI=1S/C12H20N2O/c1-9-11(7-4-8-13)15-12(14-9)10-5-2-3-6-10/h10H,2-8,13H2,1H3. The minimum atomic E-state index is 0.579. The third-order valence-electron chi connectivity index (χ3n) is 3.22. The predicted molar refractivity (Wildman–Crippen MR) is 59.8 cm³/mol. The van der Waals surface area contributed by atoms with Gasteiger partial charge in [0.05, 0.1) is 5.69 Å². The fourth-order valence-electron chi connectivity index (χ4n) is 2.29. The first-order chi connectivity index (χ1) is 7.31. The molecule has 0 unspecified atom stereocenters. The van der Waals surface area contributed by atoms with E-state index >= 15 is 0 Å². The number of nitrogens with zero attached hydrogens (tertiary/aromatic N) is 1. The summed E-state index contributed by atoms with van der Waals surface area (Å²) >= 11 is 0. The third-order valence-corrected chi connectivity index (χ3v) is 3.22. The van der Waals surface area contributed by atoms with Crippen molar-refractivity contribution in [2.45, 2.75) is 51.4 Å². The van der Waals surface area contributed by atoms with Crippen LogP contribution in [-0.4, -0.2) is 11.5 Å². The van der Waals surface area contributed by atoms with E-state index in [9.17, 15) is 0 Å². The molecule has 84 valence electrons. The number of hydrogen-bond donors (Lipinski definition) is 1. The lowest BCUT2D eigenvalue weighted by molar-refractivity contribution is 0.416. The number of nitrogens with two attached hydrogens (primary N) is 1. The fourth-order valence-corrected chi connectivity index (χ4v) is 2.29. The zero-order valence-electron chi connectivity index (χ0n) is 9.46. The van der Waals surface area contributed by atoms with Crippen LogP contribution in [-0.2, 0) is 6.42 Å². The molecule has 2 rings (SSSR count). The fraction of sp³-hybridized carbons (Fsp3) is 0.750. The first-order valence-electron chi connectivity index (χ1n) is 5.97. The molecule has 1 heterocycles. The van der Waals surface area contributed by atoms with Crippen molar-refractivity contribution in [3.63, 3.8) is 0 Å². The maximum Gasteiger partial charge on any atom is 0.197 e. The molecule has 0 amide bonds. The van der Waals surface area contributed by atoms with Crippen LogP contribution in [0.15, 0.2) is 4.42 Å². The van der Waals surface area contributed by atoms with Crippen LogP contribution in [0.1, 0.15) is 55.4 Å². The van der Waals surface area contributed by atoms with Crippen LogP contribution in [0.25, 0.3) is 0 Å². The maximum atomic E-state index is 5.83. The van der Waals surface area contributed by atoms with Gasteiger partial charge in [-0.15, -0.1) is 0 Å². The molecule has 0 spiro atoms. The molecule has 1 aliphatic carbocycles. The Balaban J connectivity index is 2.06. The van der Waals surface area contributed by atoms with Gasteiger partial charge in [0.1, 0.15) is 5.76 Å². The second-order valence-corrected chi connectivity index (χ2v) is 4.43. The van der Waals surface area contributed by atoms with Gasteiger partial charge in [-0.2, -0.15) is 0 Å². The summed E-state index contributed by atoms with van der Waals surface area (Å²) in [6.45, 7) is 2.76. The zero-order chi connectivity index (χ0) is 10.7. The van der Waals surface area contributed by atoms with Crippen LogP contribution in [0.3, 0.4) is 0 Å². The summed E-state index contributed by atoms with van der Waals surface area (Å²) in [6.07, 6.45) is 7.06. The van der Waals surface area contributed by atoms with Crippen molar-refractivity contribution in [2.75, 3.05) is 6.54 Å². The molecule has 1 saturated carbocycles. The highest BCUT2D eigenvalue weighted by molar-refractivity contribution is 5.10. The molecule has 0 radical (unpaired) electrons. The predicted octanol–water partition coefficient (Wildman–Crippen LogP) is 2.53. The Morgan fingerprint density at radius 2 is 2.13 bits per heavy atom. The first-order valence-corrected chi connectivity index (χ1v) is 5.97. The highest BCUT2D eigenvalue weighted by Gasteiger charge is 2.22. The molecule has 15 heavy (non-hydrogen) atoms. The summed E-state index contributed by atoms with van der Waals surface area (Å²) < 4.78 is 5.83. The van der Waals surface area contributed by atoms with Gasteiger partial charge in [-0.3, -0.25) is 0 Å². The van der Waals surface area contributed by atoms with Crippen LogP contribution in [0.2, 0.25) is 0 Å². The minimum absolute atomic E-state index is 0.579. The van der Waals surface area contributed by atoms with Crippen LogP contribution in [0, 0.1) is 6.92 Å².